The first kappa shape index (κ1) is 26.3. The van der Waals surface area contributed by atoms with Crippen LogP contribution in [0.5, 0.6) is 0 Å². The van der Waals surface area contributed by atoms with Crippen molar-refractivity contribution in [2.75, 3.05) is 57.3 Å². The lowest BCUT2D eigenvalue weighted by Crippen LogP contribution is -2.47. The van der Waals surface area contributed by atoms with Crippen LogP contribution in [0.25, 0.3) is 0 Å². The quantitative estimate of drug-likeness (QED) is 0.216. The van der Waals surface area contributed by atoms with Gasteiger partial charge in [0.2, 0.25) is 5.95 Å². The second kappa shape index (κ2) is 14.3. The Labute approximate surface area is 210 Å². The molecule has 1 unspecified atom stereocenters. The van der Waals surface area contributed by atoms with E-state index < -0.39 is 0 Å². The third-order valence-electron chi connectivity index (χ3n) is 5.66. The standard InChI is InChI=1S/C24H37N7.HI/c1-4-25-23(29-19-21(3)22-9-7-20(2)8-10-22)26-13-6-14-30-15-17-31(18-16-30)24-27-11-5-12-28-24;/h5,7-12,21H,4,6,13-19H2,1-3H3,(H2,25,26,29);1H. The monoisotopic (exact) mass is 551 g/mol. The van der Waals surface area contributed by atoms with E-state index in [0.29, 0.717) is 5.92 Å². The summed E-state index contributed by atoms with van der Waals surface area (Å²) in [4.78, 5) is 18.3. The van der Waals surface area contributed by atoms with Gasteiger partial charge in [0.05, 0.1) is 0 Å². The minimum Gasteiger partial charge on any atom is -0.357 e. The largest absolute Gasteiger partial charge is 0.357 e. The molecule has 1 aromatic carbocycles. The Kier molecular flexibility index (Phi) is 11.7. The number of aryl methyl sites for hydroxylation is 1. The van der Waals surface area contributed by atoms with Crippen LogP contribution in [0.4, 0.5) is 5.95 Å². The normalized spacial score (nSPS) is 15.7. The van der Waals surface area contributed by atoms with Crippen molar-refractivity contribution in [2.24, 2.45) is 4.99 Å². The SMILES string of the molecule is CCNC(=NCC(C)c1ccc(C)cc1)NCCCN1CCN(c2ncccn2)CC1.I. The van der Waals surface area contributed by atoms with Gasteiger partial charge in [0, 0.05) is 64.1 Å². The summed E-state index contributed by atoms with van der Waals surface area (Å²) in [6.07, 6.45) is 4.72. The summed E-state index contributed by atoms with van der Waals surface area (Å²) in [7, 11) is 0. The van der Waals surface area contributed by atoms with Crippen LogP contribution in [-0.2, 0) is 0 Å². The van der Waals surface area contributed by atoms with Crippen molar-refractivity contribution in [3.8, 4) is 0 Å². The third-order valence-corrected chi connectivity index (χ3v) is 5.66. The van der Waals surface area contributed by atoms with Gasteiger partial charge in [-0.25, -0.2) is 9.97 Å². The molecule has 176 valence electrons. The van der Waals surface area contributed by atoms with E-state index in [-0.39, 0.29) is 24.0 Å². The zero-order valence-corrected chi connectivity index (χ0v) is 22.0. The van der Waals surface area contributed by atoms with E-state index in [4.69, 9.17) is 4.99 Å². The number of anilines is 1. The number of nitrogens with one attached hydrogen (secondary N) is 2. The number of piperazine rings is 1. The van der Waals surface area contributed by atoms with Gasteiger partial charge in [-0.1, -0.05) is 36.8 Å². The molecule has 1 atom stereocenters. The van der Waals surface area contributed by atoms with E-state index in [1.54, 1.807) is 0 Å². The average molecular weight is 552 g/mol. The molecule has 32 heavy (non-hydrogen) atoms. The minimum absolute atomic E-state index is 0. The highest BCUT2D eigenvalue weighted by molar-refractivity contribution is 14.0. The molecular weight excluding hydrogens is 513 g/mol. The highest BCUT2D eigenvalue weighted by atomic mass is 127. The second-order valence-corrected chi connectivity index (χ2v) is 8.19. The molecule has 1 fully saturated rings. The summed E-state index contributed by atoms with van der Waals surface area (Å²) in [5.41, 5.74) is 2.63. The molecule has 3 rings (SSSR count). The number of nitrogens with zero attached hydrogens (tertiary/aromatic N) is 5. The Bertz CT molecular complexity index is 790. The van der Waals surface area contributed by atoms with Crippen molar-refractivity contribution in [3.63, 3.8) is 0 Å². The summed E-state index contributed by atoms with van der Waals surface area (Å²) in [6, 6.07) is 10.6. The van der Waals surface area contributed by atoms with Gasteiger partial charge in [0.25, 0.3) is 0 Å². The fraction of sp³-hybridized carbons (Fsp3) is 0.542. The van der Waals surface area contributed by atoms with Gasteiger partial charge in [-0.3, -0.25) is 9.89 Å². The average Bonchev–Trinajstić information content (AvgIpc) is 2.81. The highest BCUT2D eigenvalue weighted by Crippen LogP contribution is 2.16. The minimum atomic E-state index is 0. The maximum absolute atomic E-state index is 4.80. The van der Waals surface area contributed by atoms with Gasteiger partial charge in [0.15, 0.2) is 5.96 Å². The van der Waals surface area contributed by atoms with Crippen LogP contribution in [0.15, 0.2) is 47.7 Å². The lowest BCUT2D eigenvalue weighted by molar-refractivity contribution is 0.254. The fourth-order valence-corrected chi connectivity index (χ4v) is 3.71. The van der Waals surface area contributed by atoms with Crippen LogP contribution < -0.4 is 15.5 Å². The Balaban J connectivity index is 0.00000363. The summed E-state index contributed by atoms with van der Waals surface area (Å²) in [5, 5.41) is 6.86. The predicted octanol–water partition coefficient (Wildman–Crippen LogP) is 3.27. The summed E-state index contributed by atoms with van der Waals surface area (Å²) in [6.45, 7) is 14.2. The number of aromatic nitrogens is 2. The zero-order chi connectivity index (χ0) is 21.9. The van der Waals surface area contributed by atoms with Gasteiger partial charge in [-0.15, -0.1) is 24.0 Å². The Hall–Kier alpha value is -1.94. The van der Waals surface area contributed by atoms with E-state index in [1.165, 1.54) is 11.1 Å². The first-order chi connectivity index (χ1) is 15.2. The topological polar surface area (TPSA) is 68.7 Å². The van der Waals surface area contributed by atoms with E-state index in [2.05, 4.69) is 75.4 Å². The molecule has 0 amide bonds. The van der Waals surface area contributed by atoms with E-state index in [1.807, 2.05) is 18.5 Å². The lowest BCUT2D eigenvalue weighted by atomic mass is 10.0. The molecule has 0 bridgehead atoms. The zero-order valence-electron chi connectivity index (χ0n) is 19.6. The Morgan fingerprint density at radius 3 is 2.41 bits per heavy atom. The molecule has 2 aromatic rings. The molecule has 2 heterocycles. The smallest absolute Gasteiger partial charge is 0.225 e. The van der Waals surface area contributed by atoms with Crippen LogP contribution >= 0.6 is 24.0 Å². The maximum Gasteiger partial charge on any atom is 0.225 e. The van der Waals surface area contributed by atoms with Crippen LogP contribution in [0.3, 0.4) is 0 Å². The Morgan fingerprint density at radius 1 is 1.06 bits per heavy atom. The van der Waals surface area contributed by atoms with E-state index in [9.17, 15) is 0 Å². The van der Waals surface area contributed by atoms with Crippen LogP contribution in [-0.4, -0.2) is 73.2 Å². The fourth-order valence-electron chi connectivity index (χ4n) is 3.71. The third kappa shape index (κ3) is 8.54. The first-order valence-corrected chi connectivity index (χ1v) is 11.5. The lowest BCUT2D eigenvalue weighted by Gasteiger charge is -2.34. The number of rotatable bonds is 9. The second-order valence-electron chi connectivity index (χ2n) is 8.19. The number of aliphatic imine (C=N–C) groups is 1. The predicted molar refractivity (Wildman–Crippen MR) is 144 cm³/mol. The van der Waals surface area contributed by atoms with E-state index in [0.717, 1.165) is 70.7 Å². The molecule has 1 aliphatic heterocycles. The van der Waals surface area contributed by atoms with Gasteiger partial charge in [-0.2, -0.15) is 0 Å². The number of hydrogen-bond donors (Lipinski definition) is 2. The van der Waals surface area contributed by atoms with E-state index >= 15 is 0 Å². The summed E-state index contributed by atoms with van der Waals surface area (Å²) < 4.78 is 0. The van der Waals surface area contributed by atoms with Crippen molar-refractivity contribution in [3.05, 3.63) is 53.9 Å². The van der Waals surface area contributed by atoms with Gasteiger partial charge in [0.1, 0.15) is 0 Å². The molecule has 1 aliphatic rings. The molecule has 0 spiro atoms. The molecule has 1 saturated heterocycles. The molecule has 7 nitrogen and oxygen atoms in total. The number of hydrogen-bond acceptors (Lipinski definition) is 5. The van der Waals surface area contributed by atoms with Crippen LogP contribution in [0, 0.1) is 6.92 Å². The molecule has 2 N–H and O–H groups in total. The van der Waals surface area contributed by atoms with Crippen molar-refractivity contribution in [1.29, 1.82) is 0 Å². The molecule has 8 heteroatoms. The van der Waals surface area contributed by atoms with Crippen molar-refractivity contribution in [2.45, 2.75) is 33.1 Å². The highest BCUT2D eigenvalue weighted by Gasteiger charge is 2.18. The molecular formula is C24H38IN7. The molecule has 0 saturated carbocycles. The molecule has 0 aliphatic carbocycles. The van der Waals surface area contributed by atoms with Crippen molar-refractivity contribution < 1.29 is 0 Å². The van der Waals surface area contributed by atoms with Crippen LogP contribution in [0.1, 0.15) is 37.3 Å². The Morgan fingerprint density at radius 2 is 1.75 bits per heavy atom. The number of guanidine groups is 1. The van der Waals surface area contributed by atoms with Crippen molar-refractivity contribution in [1.82, 2.24) is 25.5 Å². The molecule has 1 aromatic heterocycles. The van der Waals surface area contributed by atoms with Gasteiger partial charge >= 0.3 is 0 Å². The van der Waals surface area contributed by atoms with Gasteiger partial charge < -0.3 is 15.5 Å². The van der Waals surface area contributed by atoms with Gasteiger partial charge in [-0.05, 0) is 38.4 Å². The van der Waals surface area contributed by atoms with Crippen molar-refractivity contribution >= 4 is 35.9 Å². The van der Waals surface area contributed by atoms with Crippen LogP contribution in [0.2, 0.25) is 0 Å². The number of benzene rings is 1. The number of halogens is 1. The maximum atomic E-state index is 4.80. The first-order valence-electron chi connectivity index (χ1n) is 11.5. The molecule has 0 radical (unpaired) electrons. The summed E-state index contributed by atoms with van der Waals surface area (Å²) in [5.74, 6) is 2.16. The summed E-state index contributed by atoms with van der Waals surface area (Å²) >= 11 is 0.